The summed E-state index contributed by atoms with van der Waals surface area (Å²) >= 11 is 0. The fraction of sp³-hybridized carbons (Fsp3) is 0.571. The van der Waals surface area contributed by atoms with E-state index in [1.54, 1.807) is 36.1 Å². The minimum absolute atomic E-state index is 0.126. The van der Waals surface area contributed by atoms with Gasteiger partial charge in [0.25, 0.3) is 0 Å². The number of allylic oxidation sites excluding steroid dienone is 1. The first kappa shape index (κ1) is 16.4. The van der Waals surface area contributed by atoms with Crippen LogP contribution in [-0.2, 0) is 21.8 Å². The van der Waals surface area contributed by atoms with Gasteiger partial charge in [0.2, 0.25) is 5.78 Å². The maximum atomic E-state index is 12.3. The molecule has 1 heterocycles. The molecule has 0 aliphatic rings. The standard InChI is InChI=1S/C14H23N3O3/c1-14(2,20-6)17-11(9-15-13(17)10-19-5)12(18)7-8-16(3)4/h7-9H,10H2,1-6H3/b8-7+. The monoisotopic (exact) mass is 281 g/mol. The van der Waals surface area contributed by atoms with Crippen LogP contribution in [0.3, 0.4) is 0 Å². The van der Waals surface area contributed by atoms with E-state index in [1.807, 2.05) is 27.9 Å². The van der Waals surface area contributed by atoms with Crippen LogP contribution in [0.4, 0.5) is 0 Å². The first-order chi connectivity index (χ1) is 9.33. The molecule has 0 radical (unpaired) electrons. The van der Waals surface area contributed by atoms with Crippen molar-refractivity contribution in [3.63, 3.8) is 0 Å². The summed E-state index contributed by atoms with van der Waals surface area (Å²) in [6.07, 6.45) is 4.77. The number of hydrogen-bond donors (Lipinski definition) is 0. The molecule has 0 unspecified atom stereocenters. The van der Waals surface area contributed by atoms with Crippen molar-refractivity contribution < 1.29 is 14.3 Å². The summed E-state index contributed by atoms with van der Waals surface area (Å²) < 4.78 is 12.4. The van der Waals surface area contributed by atoms with Crippen molar-refractivity contribution in [1.29, 1.82) is 0 Å². The molecular weight excluding hydrogens is 258 g/mol. The van der Waals surface area contributed by atoms with Crippen molar-refractivity contribution in [2.24, 2.45) is 0 Å². The highest BCUT2D eigenvalue weighted by atomic mass is 16.5. The van der Waals surface area contributed by atoms with E-state index in [0.29, 0.717) is 18.1 Å². The first-order valence-electron chi connectivity index (χ1n) is 6.33. The molecule has 0 N–H and O–H groups in total. The zero-order valence-corrected chi connectivity index (χ0v) is 13.0. The van der Waals surface area contributed by atoms with Gasteiger partial charge in [-0.3, -0.25) is 9.36 Å². The highest BCUT2D eigenvalue weighted by Crippen LogP contribution is 2.22. The molecule has 0 bridgehead atoms. The number of carbonyl (C=O) groups is 1. The molecule has 6 heteroatoms. The molecule has 0 spiro atoms. The molecule has 112 valence electrons. The minimum atomic E-state index is -0.679. The average molecular weight is 281 g/mol. The van der Waals surface area contributed by atoms with Crippen molar-refractivity contribution in [1.82, 2.24) is 14.5 Å². The smallest absolute Gasteiger partial charge is 0.205 e. The maximum absolute atomic E-state index is 12.3. The molecule has 1 aromatic rings. The molecule has 0 atom stereocenters. The van der Waals surface area contributed by atoms with E-state index in [2.05, 4.69) is 4.98 Å². The lowest BCUT2D eigenvalue weighted by atomic mass is 10.2. The van der Waals surface area contributed by atoms with E-state index in [4.69, 9.17) is 9.47 Å². The summed E-state index contributed by atoms with van der Waals surface area (Å²) in [5.41, 5.74) is -0.205. The molecule has 0 aliphatic carbocycles. The van der Waals surface area contributed by atoms with E-state index in [9.17, 15) is 4.79 Å². The molecule has 0 fully saturated rings. The molecule has 0 aliphatic heterocycles. The average Bonchev–Trinajstić information content (AvgIpc) is 2.81. The van der Waals surface area contributed by atoms with Gasteiger partial charge in [0.1, 0.15) is 23.9 Å². The Morgan fingerprint density at radius 2 is 2.10 bits per heavy atom. The molecule has 0 amide bonds. The Kier molecular flexibility index (Phi) is 5.47. The zero-order valence-electron chi connectivity index (χ0n) is 13.0. The fourth-order valence-corrected chi connectivity index (χ4v) is 1.79. The number of methoxy groups -OCH3 is 2. The van der Waals surface area contributed by atoms with Crippen LogP contribution in [0.25, 0.3) is 0 Å². The number of rotatable bonds is 7. The molecule has 0 saturated carbocycles. The third-order valence-electron chi connectivity index (χ3n) is 2.92. The van der Waals surface area contributed by atoms with Crippen LogP contribution in [-0.4, -0.2) is 48.5 Å². The van der Waals surface area contributed by atoms with E-state index >= 15 is 0 Å². The van der Waals surface area contributed by atoms with Crippen molar-refractivity contribution >= 4 is 5.78 Å². The number of carbonyl (C=O) groups excluding carboxylic acids is 1. The second-order valence-electron chi connectivity index (χ2n) is 5.12. The third kappa shape index (κ3) is 3.68. The number of aromatic nitrogens is 2. The molecule has 1 rings (SSSR count). The molecular formula is C14H23N3O3. The van der Waals surface area contributed by atoms with Gasteiger partial charge < -0.3 is 14.4 Å². The summed E-state index contributed by atoms with van der Waals surface area (Å²) in [5.74, 6) is 0.527. The lowest BCUT2D eigenvalue weighted by Crippen LogP contribution is -2.32. The van der Waals surface area contributed by atoms with E-state index < -0.39 is 5.72 Å². The van der Waals surface area contributed by atoms with Crippen LogP contribution in [0, 0.1) is 0 Å². The van der Waals surface area contributed by atoms with Gasteiger partial charge in [-0.25, -0.2) is 4.98 Å². The van der Waals surface area contributed by atoms with Gasteiger partial charge in [0.15, 0.2) is 0 Å². The molecule has 0 aromatic carbocycles. The predicted molar refractivity (Wildman–Crippen MR) is 76.4 cm³/mol. The van der Waals surface area contributed by atoms with Gasteiger partial charge >= 0.3 is 0 Å². The molecule has 0 saturated heterocycles. The van der Waals surface area contributed by atoms with Gasteiger partial charge in [0, 0.05) is 40.6 Å². The summed E-state index contributed by atoms with van der Waals surface area (Å²) in [6, 6.07) is 0. The fourth-order valence-electron chi connectivity index (χ4n) is 1.79. The SMILES string of the molecule is COCc1ncc(C(=O)/C=C/N(C)C)n1C(C)(C)OC. The first-order valence-corrected chi connectivity index (χ1v) is 6.33. The third-order valence-corrected chi connectivity index (χ3v) is 2.92. The van der Waals surface area contributed by atoms with Crippen molar-refractivity contribution in [3.8, 4) is 0 Å². The van der Waals surface area contributed by atoms with Gasteiger partial charge in [-0.05, 0) is 13.8 Å². The summed E-state index contributed by atoms with van der Waals surface area (Å²) in [5, 5.41) is 0. The predicted octanol–water partition coefficient (Wildman–Crippen LogP) is 1.63. The Hall–Kier alpha value is -1.66. The lowest BCUT2D eigenvalue weighted by molar-refractivity contribution is -0.0509. The number of ketones is 1. The number of hydrogen-bond acceptors (Lipinski definition) is 5. The Morgan fingerprint density at radius 3 is 2.60 bits per heavy atom. The van der Waals surface area contributed by atoms with Crippen molar-refractivity contribution in [2.75, 3.05) is 28.3 Å². The molecule has 1 aromatic heterocycles. The van der Waals surface area contributed by atoms with Crippen LogP contribution in [0.1, 0.15) is 30.2 Å². The quantitative estimate of drug-likeness (QED) is 0.561. The van der Waals surface area contributed by atoms with Crippen LogP contribution in [0.5, 0.6) is 0 Å². The summed E-state index contributed by atoms with van der Waals surface area (Å²) in [4.78, 5) is 18.3. The van der Waals surface area contributed by atoms with Crippen LogP contribution >= 0.6 is 0 Å². The molecule has 6 nitrogen and oxygen atoms in total. The highest BCUT2D eigenvalue weighted by molar-refractivity contribution is 6.03. The van der Waals surface area contributed by atoms with Crippen molar-refractivity contribution in [3.05, 3.63) is 30.0 Å². The highest BCUT2D eigenvalue weighted by Gasteiger charge is 2.27. The Bertz CT molecular complexity index is 490. The van der Waals surface area contributed by atoms with Crippen LogP contribution in [0.15, 0.2) is 18.5 Å². The summed E-state index contributed by atoms with van der Waals surface area (Å²) in [7, 11) is 6.90. The number of ether oxygens (including phenoxy) is 2. The van der Waals surface area contributed by atoms with Gasteiger partial charge in [-0.15, -0.1) is 0 Å². The summed E-state index contributed by atoms with van der Waals surface area (Å²) in [6.45, 7) is 4.07. The van der Waals surface area contributed by atoms with Gasteiger partial charge in [-0.2, -0.15) is 0 Å². The maximum Gasteiger partial charge on any atom is 0.205 e. The van der Waals surface area contributed by atoms with Gasteiger partial charge in [0.05, 0.1) is 6.20 Å². The van der Waals surface area contributed by atoms with Gasteiger partial charge in [-0.1, -0.05) is 0 Å². The lowest BCUT2D eigenvalue weighted by Gasteiger charge is -2.28. The number of imidazole rings is 1. The van der Waals surface area contributed by atoms with Crippen LogP contribution in [0.2, 0.25) is 0 Å². The van der Waals surface area contributed by atoms with Crippen molar-refractivity contribution in [2.45, 2.75) is 26.2 Å². The Labute approximate surface area is 120 Å². The Balaban J connectivity index is 3.23. The second-order valence-corrected chi connectivity index (χ2v) is 5.12. The van der Waals surface area contributed by atoms with E-state index in [0.717, 1.165) is 0 Å². The largest absolute Gasteiger partial charge is 0.383 e. The topological polar surface area (TPSA) is 56.6 Å². The minimum Gasteiger partial charge on any atom is -0.383 e. The Morgan fingerprint density at radius 1 is 1.45 bits per heavy atom. The zero-order chi connectivity index (χ0) is 15.3. The molecule has 20 heavy (non-hydrogen) atoms. The van der Waals surface area contributed by atoms with E-state index in [-0.39, 0.29) is 5.78 Å². The normalized spacial score (nSPS) is 12.1. The second kappa shape index (κ2) is 6.67. The van der Waals surface area contributed by atoms with Crippen LogP contribution < -0.4 is 0 Å². The number of nitrogens with zero attached hydrogens (tertiary/aromatic N) is 3. The van der Waals surface area contributed by atoms with E-state index in [1.165, 1.54) is 6.08 Å².